The predicted molar refractivity (Wildman–Crippen MR) is 82.9 cm³/mol. The molecule has 3 heteroatoms. The van der Waals surface area contributed by atoms with Gasteiger partial charge in [-0.1, -0.05) is 19.3 Å². The molecule has 0 amide bonds. The average Bonchev–Trinajstić information content (AvgIpc) is 2.49. The lowest BCUT2D eigenvalue weighted by atomic mass is 9.85. The van der Waals surface area contributed by atoms with Gasteiger partial charge in [0.05, 0.1) is 6.61 Å². The highest BCUT2D eigenvalue weighted by atomic mass is 16.5. The van der Waals surface area contributed by atoms with E-state index in [-0.39, 0.29) is 5.75 Å². The summed E-state index contributed by atoms with van der Waals surface area (Å²) in [5, 5.41) is 9.68. The van der Waals surface area contributed by atoms with Crippen LogP contribution in [0.2, 0.25) is 0 Å². The molecule has 0 unspecified atom stereocenters. The highest BCUT2D eigenvalue weighted by Gasteiger charge is 2.18. The summed E-state index contributed by atoms with van der Waals surface area (Å²) in [6.45, 7) is 4.66. The number of phenols is 1. The smallest absolute Gasteiger partial charge is 0.161 e. The number of ether oxygens (including phenoxy) is 1. The first-order valence-electron chi connectivity index (χ1n) is 7.69. The van der Waals surface area contributed by atoms with Crippen molar-refractivity contribution in [3.8, 4) is 11.5 Å². The third-order valence-corrected chi connectivity index (χ3v) is 4.07. The quantitative estimate of drug-likeness (QED) is 0.819. The topological polar surface area (TPSA) is 41.8 Å². The molecule has 1 aromatic carbocycles. The van der Waals surface area contributed by atoms with Gasteiger partial charge in [-0.05, 0) is 56.4 Å². The van der Waals surface area contributed by atoms with Gasteiger partial charge in [0, 0.05) is 12.3 Å². The number of benzene rings is 1. The van der Waals surface area contributed by atoms with Crippen LogP contribution < -0.4 is 4.74 Å². The van der Waals surface area contributed by atoms with Gasteiger partial charge < -0.3 is 9.84 Å². The Kier molecular flexibility index (Phi) is 5.45. The van der Waals surface area contributed by atoms with Gasteiger partial charge >= 0.3 is 0 Å². The van der Waals surface area contributed by atoms with Crippen molar-refractivity contribution in [1.29, 1.82) is 0 Å². The van der Waals surface area contributed by atoms with Crippen LogP contribution in [0, 0.1) is 5.92 Å². The molecule has 0 spiro atoms. The summed E-state index contributed by atoms with van der Waals surface area (Å²) in [6.07, 6.45) is 8.58. The van der Waals surface area contributed by atoms with E-state index < -0.39 is 0 Å². The highest BCUT2D eigenvalue weighted by Crippen LogP contribution is 2.28. The summed E-state index contributed by atoms with van der Waals surface area (Å²) in [4.78, 5) is 4.69. The number of aliphatic imine (C=N–C) groups is 1. The van der Waals surface area contributed by atoms with Gasteiger partial charge in [-0.2, -0.15) is 0 Å². The molecule has 20 heavy (non-hydrogen) atoms. The molecule has 0 aromatic heterocycles. The molecule has 0 heterocycles. The van der Waals surface area contributed by atoms with Gasteiger partial charge in [-0.25, -0.2) is 0 Å². The van der Waals surface area contributed by atoms with E-state index in [1.54, 1.807) is 6.07 Å². The van der Waals surface area contributed by atoms with E-state index in [4.69, 9.17) is 4.74 Å². The van der Waals surface area contributed by atoms with Crippen molar-refractivity contribution in [2.24, 2.45) is 10.9 Å². The van der Waals surface area contributed by atoms with E-state index in [9.17, 15) is 5.11 Å². The largest absolute Gasteiger partial charge is 0.504 e. The lowest BCUT2D eigenvalue weighted by molar-refractivity contribution is 0.317. The normalized spacial score (nSPS) is 18.3. The standard InChI is InChI=1S/C17H25NO2/c1-3-20-17-11-14(9-10-16(17)19)12-18-13(2)15-7-5-4-6-8-15/h9-13,15,19H,3-8H2,1-2H3/t13-/m0/s1. The first-order valence-corrected chi connectivity index (χ1v) is 7.69. The third-order valence-electron chi connectivity index (χ3n) is 4.07. The molecule has 1 fully saturated rings. The van der Waals surface area contributed by atoms with E-state index >= 15 is 0 Å². The van der Waals surface area contributed by atoms with Crippen LogP contribution in [0.25, 0.3) is 0 Å². The van der Waals surface area contributed by atoms with Crippen LogP contribution in [-0.2, 0) is 0 Å². The van der Waals surface area contributed by atoms with Crippen LogP contribution in [0.15, 0.2) is 23.2 Å². The lowest BCUT2D eigenvalue weighted by Crippen LogP contribution is -2.18. The Morgan fingerprint density at radius 1 is 1.35 bits per heavy atom. The van der Waals surface area contributed by atoms with Crippen molar-refractivity contribution in [1.82, 2.24) is 0 Å². The summed E-state index contributed by atoms with van der Waals surface area (Å²) in [5.74, 6) is 1.44. The third kappa shape index (κ3) is 3.99. The molecule has 2 rings (SSSR count). The van der Waals surface area contributed by atoms with E-state index in [2.05, 4.69) is 11.9 Å². The fourth-order valence-corrected chi connectivity index (χ4v) is 2.82. The molecule has 3 nitrogen and oxygen atoms in total. The molecular weight excluding hydrogens is 250 g/mol. The predicted octanol–water partition coefficient (Wildman–Crippen LogP) is 4.18. The van der Waals surface area contributed by atoms with Crippen LogP contribution in [0.1, 0.15) is 51.5 Å². The maximum absolute atomic E-state index is 9.68. The van der Waals surface area contributed by atoms with Crippen molar-refractivity contribution in [2.75, 3.05) is 6.61 Å². The highest BCUT2D eigenvalue weighted by molar-refractivity contribution is 5.81. The molecule has 0 aliphatic heterocycles. The molecule has 1 N–H and O–H groups in total. The van der Waals surface area contributed by atoms with Crippen LogP contribution in [0.4, 0.5) is 0 Å². The molecule has 0 saturated heterocycles. The first-order chi connectivity index (χ1) is 9.70. The summed E-state index contributed by atoms with van der Waals surface area (Å²) in [5.41, 5.74) is 0.980. The molecule has 1 atom stereocenters. The number of phenolic OH excluding ortho intramolecular Hbond substituents is 1. The van der Waals surface area contributed by atoms with Crippen molar-refractivity contribution >= 4 is 6.21 Å². The van der Waals surface area contributed by atoms with Crippen molar-refractivity contribution < 1.29 is 9.84 Å². The zero-order valence-corrected chi connectivity index (χ0v) is 12.5. The number of nitrogens with zero attached hydrogens (tertiary/aromatic N) is 1. The average molecular weight is 275 g/mol. The Balaban J connectivity index is 2.00. The number of rotatable bonds is 5. The molecule has 1 aliphatic carbocycles. The van der Waals surface area contributed by atoms with Crippen LogP contribution in [-0.4, -0.2) is 24.0 Å². The second-order valence-electron chi connectivity index (χ2n) is 5.58. The first kappa shape index (κ1) is 14.9. The zero-order chi connectivity index (χ0) is 14.4. The Morgan fingerprint density at radius 3 is 2.80 bits per heavy atom. The zero-order valence-electron chi connectivity index (χ0n) is 12.5. The van der Waals surface area contributed by atoms with E-state index in [1.807, 2.05) is 25.3 Å². The van der Waals surface area contributed by atoms with Crippen LogP contribution >= 0.6 is 0 Å². The number of hydrogen-bond acceptors (Lipinski definition) is 3. The van der Waals surface area contributed by atoms with Gasteiger partial charge in [0.25, 0.3) is 0 Å². The fourth-order valence-electron chi connectivity index (χ4n) is 2.82. The minimum absolute atomic E-state index is 0.185. The Hall–Kier alpha value is -1.51. The monoisotopic (exact) mass is 275 g/mol. The second-order valence-corrected chi connectivity index (χ2v) is 5.58. The van der Waals surface area contributed by atoms with Crippen LogP contribution in [0.3, 0.4) is 0 Å². The Morgan fingerprint density at radius 2 is 2.10 bits per heavy atom. The van der Waals surface area contributed by atoms with Gasteiger partial charge in [-0.3, -0.25) is 4.99 Å². The number of aromatic hydroxyl groups is 1. The van der Waals surface area contributed by atoms with Gasteiger partial charge in [0.1, 0.15) is 0 Å². The summed E-state index contributed by atoms with van der Waals surface area (Å²) >= 11 is 0. The summed E-state index contributed by atoms with van der Waals surface area (Å²) in [6, 6.07) is 5.75. The van der Waals surface area contributed by atoms with Gasteiger partial charge in [-0.15, -0.1) is 0 Å². The maximum atomic E-state index is 9.68. The minimum atomic E-state index is 0.185. The molecule has 110 valence electrons. The molecule has 1 aromatic rings. The molecular formula is C17H25NO2. The summed E-state index contributed by atoms with van der Waals surface area (Å²) < 4.78 is 5.39. The Labute approximate surface area is 121 Å². The maximum Gasteiger partial charge on any atom is 0.161 e. The van der Waals surface area contributed by atoms with Gasteiger partial charge in [0.15, 0.2) is 11.5 Å². The van der Waals surface area contributed by atoms with Gasteiger partial charge in [0.2, 0.25) is 0 Å². The molecule has 1 aliphatic rings. The molecule has 0 radical (unpaired) electrons. The molecule has 0 bridgehead atoms. The minimum Gasteiger partial charge on any atom is -0.504 e. The SMILES string of the molecule is CCOc1cc(C=N[C@@H](C)C2CCCCC2)ccc1O. The Bertz CT molecular complexity index is 450. The fraction of sp³-hybridized carbons (Fsp3) is 0.588. The van der Waals surface area contributed by atoms with Crippen LogP contribution in [0.5, 0.6) is 11.5 Å². The van der Waals surface area contributed by atoms with Crippen molar-refractivity contribution in [3.63, 3.8) is 0 Å². The summed E-state index contributed by atoms with van der Waals surface area (Å²) in [7, 11) is 0. The van der Waals surface area contributed by atoms with E-state index in [0.29, 0.717) is 18.4 Å². The number of hydrogen-bond donors (Lipinski definition) is 1. The lowest BCUT2D eigenvalue weighted by Gasteiger charge is -2.24. The second kappa shape index (κ2) is 7.32. The van der Waals surface area contributed by atoms with E-state index in [0.717, 1.165) is 11.5 Å². The van der Waals surface area contributed by atoms with Crippen molar-refractivity contribution in [3.05, 3.63) is 23.8 Å². The molecule has 1 saturated carbocycles. The van der Waals surface area contributed by atoms with E-state index in [1.165, 1.54) is 32.1 Å². The van der Waals surface area contributed by atoms with Crippen molar-refractivity contribution in [2.45, 2.75) is 52.0 Å².